The van der Waals surface area contributed by atoms with Crippen molar-refractivity contribution in [1.29, 1.82) is 0 Å². The second kappa shape index (κ2) is 9.56. The van der Waals surface area contributed by atoms with Crippen molar-refractivity contribution in [2.45, 2.75) is 51.9 Å². The van der Waals surface area contributed by atoms with Gasteiger partial charge in [0, 0.05) is 30.7 Å². The van der Waals surface area contributed by atoms with Crippen LogP contribution in [0.2, 0.25) is 0 Å². The summed E-state index contributed by atoms with van der Waals surface area (Å²) in [5.74, 6) is 0.837. The lowest BCUT2D eigenvalue weighted by Crippen LogP contribution is -2.45. The van der Waals surface area contributed by atoms with Crippen LogP contribution in [-0.4, -0.2) is 49.7 Å². The van der Waals surface area contributed by atoms with E-state index >= 15 is 0 Å². The Morgan fingerprint density at radius 2 is 2.04 bits per heavy atom. The van der Waals surface area contributed by atoms with Crippen LogP contribution in [0.4, 0.5) is 8.78 Å². The molecule has 2 N–H and O–H groups in total. The zero-order chi connectivity index (χ0) is 18.2. The molecule has 0 amide bonds. The third kappa shape index (κ3) is 6.49. The Bertz CT molecular complexity index is 564. The van der Waals surface area contributed by atoms with Gasteiger partial charge in [0.15, 0.2) is 5.96 Å². The molecule has 0 radical (unpaired) electrons. The van der Waals surface area contributed by atoms with Gasteiger partial charge in [0.2, 0.25) is 0 Å². The predicted octanol–water partition coefficient (Wildman–Crippen LogP) is 2.83. The van der Waals surface area contributed by atoms with Crippen molar-refractivity contribution in [1.82, 2.24) is 15.5 Å². The minimum atomic E-state index is -2.84. The van der Waals surface area contributed by atoms with Crippen molar-refractivity contribution in [2.75, 3.05) is 20.1 Å². The van der Waals surface area contributed by atoms with Crippen LogP contribution < -0.4 is 15.4 Å². The van der Waals surface area contributed by atoms with Gasteiger partial charge in [-0.05, 0) is 39.8 Å². The number of para-hydroxylation sites is 1. The highest BCUT2D eigenvalue weighted by atomic mass is 19.3. The summed E-state index contributed by atoms with van der Waals surface area (Å²) in [6.45, 7) is 3.11. The molecule has 5 nitrogen and oxygen atoms in total. The number of ether oxygens (including phenoxy) is 1. The van der Waals surface area contributed by atoms with E-state index in [1.54, 1.807) is 18.2 Å². The number of benzene rings is 1. The highest BCUT2D eigenvalue weighted by Crippen LogP contribution is 2.26. The predicted molar refractivity (Wildman–Crippen MR) is 96.1 cm³/mol. The Balaban J connectivity index is 1.94. The Morgan fingerprint density at radius 3 is 2.68 bits per heavy atom. The summed E-state index contributed by atoms with van der Waals surface area (Å²) >= 11 is 0. The van der Waals surface area contributed by atoms with Crippen LogP contribution in [0.15, 0.2) is 29.3 Å². The second-order valence-corrected chi connectivity index (χ2v) is 6.31. The standard InChI is InChI=1S/C18H28F2N4O/c1-4-21-18(22-11-13(2)24(3)15-9-10-15)23-12-14-7-5-6-8-16(14)25-17(19)20/h5-8,13,15,17H,4,9-12H2,1-3H3,(H2,21,22,23). The van der Waals surface area contributed by atoms with E-state index in [1.165, 1.54) is 18.9 Å². The fourth-order valence-corrected chi connectivity index (χ4v) is 2.58. The fourth-order valence-electron chi connectivity index (χ4n) is 2.58. The highest BCUT2D eigenvalue weighted by molar-refractivity contribution is 5.79. The molecule has 0 bridgehead atoms. The van der Waals surface area contributed by atoms with Crippen molar-refractivity contribution >= 4 is 5.96 Å². The molecular weight excluding hydrogens is 326 g/mol. The Hall–Kier alpha value is -1.89. The van der Waals surface area contributed by atoms with E-state index in [0.717, 1.165) is 13.1 Å². The zero-order valence-corrected chi connectivity index (χ0v) is 15.1. The van der Waals surface area contributed by atoms with Crippen LogP contribution in [0.25, 0.3) is 0 Å². The molecule has 1 aliphatic rings. The summed E-state index contributed by atoms with van der Waals surface area (Å²) in [6.07, 6.45) is 2.55. The summed E-state index contributed by atoms with van der Waals surface area (Å²) in [5, 5.41) is 6.51. The van der Waals surface area contributed by atoms with Gasteiger partial charge < -0.3 is 15.4 Å². The molecule has 1 fully saturated rings. The zero-order valence-electron chi connectivity index (χ0n) is 15.1. The third-order valence-electron chi connectivity index (χ3n) is 4.32. The van der Waals surface area contributed by atoms with Gasteiger partial charge in [-0.1, -0.05) is 18.2 Å². The van der Waals surface area contributed by atoms with Gasteiger partial charge in [0.25, 0.3) is 0 Å². The second-order valence-electron chi connectivity index (χ2n) is 6.31. The number of nitrogens with one attached hydrogen (secondary N) is 2. The van der Waals surface area contributed by atoms with E-state index < -0.39 is 6.61 Å². The van der Waals surface area contributed by atoms with Crippen molar-refractivity contribution in [2.24, 2.45) is 4.99 Å². The SMILES string of the molecule is CCNC(=NCc1ccccc1OC(F)F)NCC(C)N(C)C1CC1. The lowest BCUT2D eigenvalue weighted by Gasteiger charge is -2.25. The van der Waals surface area contributed by atoms with Crippen molar-refractivity contribution in [3.63, 3.8) is 0 Å². The molecule has 0 saturated heterocycles. The van der Waals surface area contributed by atoms with Crippen molar-refractivity contribution in [3.8, 4) is 5.75 Å². The first-order valence-electron chi connectivity index (χ1n) is 8.78. The molecule has 1 unspecified atom stereocenters. The van der Waals surface area contributed by atoms with E-state index in [4.69, 9.17) is 0 Å². The number of guanidine groups is 1. The summed E-state index contributed by atoms with van der Waals surface area (Å²) in [7, 11) is 2.14. The molecule has 1 aromatic rings. The van der Waals surface area contributed by atoms with Crippen molar-refractivity contribution < 1.29 is 13.5 Å². The molecule has 140 valence electrons. The number of hydrogen-bond donors (Lipinski definition) is 2. The molecule has 1 aliphatic carbocycles. The summed E-state index contributed by atoms with van der Waals surface area (Å²) in [5.41, 5.74) is 0.628. The number of alkyl halides is 2. The van der Waals surface area contributed by atoms with Gasteiger partial charge in [0.05, 0.1) is 6.54 Å². The van der Waals surface area contributed by atoms with E-state index in [9.17, 15) is 8.78 Å². The van der Waals surface area contributed by atoms with E-state index in [2.05, 4.69) is 39.2 Å². The van der Waals surface area contributed by atoms with Crippen LogP contribution in [0.3, 0.4) is 0 Å². The smallest absolute Gasteiger partial charge is 0.387 e. The maximum absolute atomic E-state index is 12.5. The van der Waals surface area contributed by atoms with Crippen LogP contribution in [-0.2, 0) is 6.54 Å². The summed E-state index contributed by atoms with van der Waals surface area (Å²) < 4.78 is 29.5. The lowest BCUT2D eigenvalue weighted by atomic mass is 10.2. The average molecular weight is 354 g/mol. The minimum absolute atomic E-state index is 0.166. The van der Waals surface area contributed by atoms with Crippen LogP contribution in [0.1, 0.15) is 32.3 Å². The van der Waals surface area contributed by atoms with Crippen LogP contribution in [0, 0.1) is 0 Å². The fraction of sp³-hybridized carbons (Fsp3) is 0.611. The van der Waals surface area contributed by atoms with Gasteiger partial charge >= 0.3 is 6.61 Å². The Morgan fingerprint density at radius 1 is 1.32 bits per heavy atom. The molecule has 1 atom stereocenters. The lowest BCUT2D eigenvalue weighted by molar-refractivity contribution is -0.0504. The highest BCUT2D eigenvalue weighted by Gasteiger charge is 2.28. The monoisotopic (exact) mass is 354 g/mol. The normalized spacial score (nSPS) is 16.2. The van der Waals surface area contributed by atoms with E-state index in [1.807, 2.05) is 6.92 Å². The number of likely N-dealkylation sites (N-methyl/N-ethyl adjacent to an activating group) is 1. The minimum Gasteiger partial charge on any atom is -0.434 e. The summed E-state index contributed by atoms with van der Waals surface area (Å²) in [4.78, 5) is 6.87. The maximum Gasteiger partial charge on any atom is 0.387 e. The van der Waals surface area contributed by atoms with Gasteiger partial charge in [0.1, 0.15) is 5.75 Å². The third-order valence-corrected chi connectivity index (χ3v) is 4.32. The largest absolute Gasteiger partial charge is 0.434 e. The van der Waals surface area contributed by atoms with E-state index in [-0.39, 0.29) is 12.3 Å². The molecule has 0 spiro atoms. The first kappa shape index (κ1) is 19.4. The molecule has 0 heterocycles. The number of rotatable bonds is 9. The number of aliphatic imine (C=N–C) groups is 1. The molecule has 0 aliphatic heterocycles. The van der Waals surface area contributed by atoms with Crippen LogP contribution >= 0.6 is 0 Å². The topological polar surface area (TPSA) is 48.9 Å². The first-order chi connectivity index (χ1) is 12.0. The quantitative estimate of drug-likeness (QED) is 0.529. The number of hydrogen-bond acceptors (Lipinski definition) is 3. The molecule has 1 saturated carbocycles. The molecule has 25 heavy (non-hydrogen) atoms. The van der Waals surface area contributed by atoms with Crippen LogP contribution in [0.5, 0.6) is 5.75 Å². The summed E-state index contributed by atoms with van der Waals surface area (Å²) in [6, 6.07) is 7.83. The molecule has 7 heteroatoms. The Kier molecular flexibility index (Phi) is 7.43. The van der Waals surface area contributed by atoms with Gasteiger partial charge in [-0.2, -0.15) is 8.78 Å². The van der Waals surface area contributed by atoms with Gasteiger partial charge in [-0.25, -0.2) is 4.99 Å². The van der Waals surface area contributed by atoms with Crippen molar-refractivity contribution in [3.05, 3.63) is 29.8 Å². The molecule has 0 aromatic heterocycles. The Labute approximate surface area is 148 Å². The first-order valence-corrected chi connectivity index (χ1v) is 8.78. The molecular formula is C18H28F2N4O. The number of halogens is 2. The molecule has 1 aromatic carbocycles. The average Bonchev–Trinajstić information content (AvgIpc) is 3.42. The maximum atomic E-state index is 12.5. The van der Waals surface area contributed by atoms with Gasteiger partial charge in [-0.15, -0.1) is 0 Å². The number of nitrogens with zero attached hydrogens (tertiary/aromatic N) is 2. The molecule has 2 rings (SSSR count). The van der Waals surface area contributed by atoms with E-state index in [0.29, 0.717) is 23.6 Å². The van der Waals surface area contributed by atoms with Gasteiger partial charge in [-0.3, -0.25) is 4.90 Å².